The van der Waals surface area contributed by atoms with Crippen molar-refractivity contribution in [2.24, 2.45) is 0 Å². The Kier molecular flexibility index (Phi) is 4.45. The summed E-state index contributed by atoms with van der Waals surface area (Å²) < 4.78 is 12.9. The van der Waals surface area contributed by atoms with Crippen LogP contribution >= 0.6 is 0 Å². The maximum absolute atomic E-state index is 12.9. The van der Waals surface area contributed by atoms with Crippen molar-refractivity contribution in [2.75, 3.05) is 14.1 Å². The number of hydrogen-bond donors (Lipinski definition) is 0. The summed E-state index contributed by atoms with van der Waals surface area (Å²) in [5.41, 5.74) is 4.19. The van der Waals surface area contributed by atoms with Crippen LogP contribution in [-0.2, 0) is 13.0 Å². The van der Waals surface area contributed by atoms with Gasteiger partial charge in [-0.2, -0.15) is 0 Å². The van der Waals surface area contributed by atoms with Gasteiger partial charge in [-0.1, -0.05) is 12.1 Å². The molecule has 106 valence electrons. The van der Waals surface area contributed by atoms with Crippen molar-refractivity contribution in [3.8, 4) is 0 Å². The van der Waals surface area contributed by atoms with Crippen LogP contribution in [0.4, 0.5) is 4.39 Å². The summed E-state index contributed by atoms with van der Waals surface area (Å²) in [6.07, 6.45) is 0.736. The second-order valence-corrected chi connectivity index (χ2v) is 5.33. The third-order valence-electron chi connectivity index (χ3n) is 3.22. The quantitative estimate of drug-likeness (QED) is 0.857. The largest absolute Gasteiger partial charge is 0.302 e. The summed E-state index contributed by atoms with van der Waals surface area (Å²) in [6, 6.07) is 6.59. The summed E-state index contributed by atoms with van der Waals surface area (Å²) in [5, 5.41) is 0. The number of aryl methyl sites for hydroxylation is 2. The van der Waals surface area contributed by atoms with Crippen LogP contribution in [0.25, 0.3) is 0 Å². The maximum atomic E-state index is 12.9. The van der Waals surface area contributed by atoms with Gasteiger partial charge in [0.05, 0.1) is 6.54 Å². The minimum Gasteiger partial charge on any atom is -0.302 e. The highest BCUT2D eigenvalue weighted by Gasteiger charge is 2.10. The maximum Gasteiger partial charge on any atom is 0.142 e. The summed E-state index contributed by atoms with van der Waals surface area (Å²) >= 11 is 0. The molecule has 0 fully saturated rings. The molecule has 0 aliphatic rings. The van der Waals surface area contributed by atoms with Crippen molar-refractivity contribution in [2.45, 2.75) is 26.8 Å². The van der Waals surface area contributed by atoms with E-state index < -0.39 is 0 Å². The molecule has 0 radical (unpaired) electrons. The molecular weight excluding hydrogens is 253 g/mol. The van der Waals surface area contributed by atoms with E-state index >= 15 is 0 Å². The summed E-state index contributed by atoms with van der Waals surface area (Å²) in [6.45, 7) is 4.75. The zero-order valence-electron chi connectivity index (χ0n) is 12.4. The van der Waals surface area contributed by atoms with E-state index in [0.29, 0.717) is 0 Å². The predicted molar refractivity (Wildman–Crippen MR) is 78.1 cm³/mol. The molecule has 0 aliphatic carbocycles. The summed E-state index contributed by atoms with van der Waals surface area (Å²) in [4.78, 5) is 11.2. The Morgan fingerprint density at radius 2 is 1.55 bits per heavy atom. The van der Waals surface area contributed by atoms with Crippen LogP contribution in [0.1, 0.15) is 28.3 Å². The van der Waals surface area contributed by atoms with Gasteiger partial charge < -0.3 is 4.90 Å². The number of rotatable bonds is 4. The Hall–Kier alpha value is -1.81. The third-order valence-corrected chi connectivity index (χ3v) is 3.22. The standard InChI is InChI=1S/C16H20FN3/c1-11-15(9-13-5-7-14(17)8-6-13)12(2)19-16(18-11)10-20(3)4/h5-8H,9-10H2,1-4H3. The van der Waals surface area contributed by atoms with Gasteiger partial charge in [-0.3, -0.25) is 0 Å². The van der Waals surface area contributed by atoms with E-state index in [1.165, 1.54) is 12.1 Å². The van der Waals surface area contributed by atoms with Crippen LogP contribution in [0, 0.1) is 19.7 Å². The molecule has 4 heteroatoms. The van der Waals surface area contributed by atoms with Gasteiger partial charge in [-0.15, -0.1) is 0 Å². The second kappa shape index (κ2) is 6.09. The first-order valence-corrected chi connectivity index (χ1v) is 6.68. The molecule has 2 rings (SSSR count). The first kappa shape index (κ1) is 14.6. The van der Waals surface area contributed by atoms with Crippen molar-refractivity contribution in [1.29, 1.82) is 0 Å². The van der Waals surface area contributed by atoms with E-state index in [9.17, 15) is 4.39 Å². The van der Waals surface area contributed by atoms with Crippen molar-refractivity contribution in [3.05, 3.63) is 58.4 Å². The van der Waals surface area contributed by atoms with E-state index in [1.807, 2.05) is 45.0 Å². The molecule has 0 aliphatic heterocycles. The minimum atomic E-state index is -0.209. The normalized spacial score (nSPS) is 11.1. The number of aromatic nitrogens is 2. The highest BCUT2D eigenvalue weighted by molar-refractivity contribution is 5.31. The first-order valence-electron chi connectivity index (χ1n) is 6.68. The number of benzene rings is 1. The molecule has 20 heavy (non-hydrogen) atoms. The van der Waals surface area contributed by atoms with Crippen LogP contribution in [0.2, 0.25) is 0 Å². The van der Waals surface area contributed by atoms with E-state index in [2.05, 4.69) is 9.97 Å². The van der Waals surface area contributed by atoms with Crippen LogP contribution in [0.15, 0.2) is 24.3 Å². The van der Waals surface area contributed by atoms with E-state index in [4.69, 9.17) is 0 Å². The van der Waals surface area contributed by atoms with Crippen molar-refractivity contribution in [1.82, 2.24) is 14.9 Å². The average molecular weight is 273 g/mol. The van der Waals surface area contributed by atoms with Crippen molar-refractivity contribution in [3.63, 3.8) is 0 Å². The zero-order chi connectivity index (χ0) is 14.7. The van der Waals surface area contributed by atoms with E-state index in [-0.39, 0.29) is 5.82 Å². The molecule has 0 N–H and O–H groups in total. The molecule has 2 aromatic rings. The molecule has 0 amide bonds. The molecule has 1 aromatic carbocycles. The summed E-state index contributed by atoms with van der Waals surface area (Å²) in [5.74, 6) is 0.632. The van der Waals surface area contributed by atoms with Gasteiger partial charge in [0.25, 0.3) is 0 Å². The molecular formula is C16H20FN3. The Labute approximate surface area is 119 Å². The predicted octanol–water partition coefficient (Wildman–Crippen LogP) is 2.88. The van der Waals surface area contributed by atoms with Gasteiger partial charge in [-0.25, -0.2) is 14.4 Å². The zero-order valence-corrected chi connectivity index (χ0v) is 12.4. The molecule has 0 atom stereocenters. The van der Waals surface area contributed by atoms with Crippen LogP contribution in [-0.4, -0.2) is 29.0 Å². The lowest BCUT2D eigenvalue weighted by atomic mass is 10.0. The number of nitrogens with zero attached hydrogens (tertiary/aromatic N) is 3. The van der Waals surface area contributed by atoms with Crippen molar-refractivity contribution >= 4 is 0 Å². The van der Waals surface area contributed by atoms with Gasteiger partial charge >= 0.3 is 0 Å². The smallest absolute Gasteiger partial charge is 0.142 e. The van der Waals surface area contributed by atoms with Gasteiger partial charge in [0.2, 0.25) is 0 Å². The molecule has 0 bridgehead atoms. The monoisotopic (exact) mass is 273 g/mol. The number of hydrogen-bond acceptors (Lipinski definition) is 3. The topological polar surface area (TPSA) is 29.0 Å². The van der Waals surface area contributed by atoms with Gasteiger partial charge in [0.1, 0.15) is 11.6 Å². The fourth-order valence-corrected chi connectivity index (χ4v) is 2.22. The Bertz CT molecular complexity index is 568. The lowest BCUT2D eigenvalue weighted by Crippen LogP contribution is -2.15. The fraction of sp³-hybridized carbons (Fsp3) is 0.375. The lowest BCUT2D eigenvalue weighted by molar-refractivity contribution is 0.389. The van der Waals surface area contributed by atoms with E-state index in [0.717, 1.165) is 41.3 Å². The molecule has 0 saturated heterocycles. The Morgan fingerprint density at radius 3 is 2.05 bits per heavy atom. The van der Waals surface area contributed by atoms with Crippen molar-refractivity contribution < 1.29 is 4.39 Å². The minimum absolute atomic E-state index is 0.209. The Balaban J connectivity index is 2.26. The molecule has 0 saturated carbocycles. The molecule has 0 unspecified atom stereocenters. The highest BCUT2D eigenvalue weighted by atomic mass is 19.1. The Morgan fingerprint density at radius 1 is 1.00 bits per heavy atom. The summed E-state index contributed by atoms with van der Waals surface area (Å²) in [7, 11) is 4.00. The van der Waals surface area contributed by atoms with Crippen LogP contribution < -0.4 is 0 Å². The van der Waals surface area contributed by atoms with Gasteiger partial charge in [0, 0.05) is 17.8 Å². The number of halogens is 1. The average Bonchev–Trinajstić information content (AvgIpc) is 2.35. The van der Waals surface area contributed by atoms with E-state index in [1.54, 1.807) is 0 Å². The van der Waals surface area contributed by atoms with Gasteiger partial charge in [-0.05, 0) is 51.2 Å². The molecule has 1 heterocycles. The SMILES string of the molecule is Cc1nc(CN(C)C)nc(C)c1Cc1ccc(F)cc1. The first-order chi connectivity index (χ1) is 9.45. The molecule has 3 nitrogen and oxygen atoms in total. The van der Waals surface area contributed by atoms with Gasteiger partial charge in [0.15, 0.2) is 0 Å². The second-order valence-electron chi connectivity index (χ2n) is 5.33. The third kappa shape index (κ3) is 3.61. The van der Waals surface area contributed by atoms with Crippen LogP contribution in [0.3, 0.4) is 0 Å². The van der Waals surface area contributed by atoms with Crippen LogP contribution in [0.5, 0.6) is 0 Å². The molecule has 0 spiro atoms. The lowest BCUT2D eigenvalue weighted by Gasteiger charge is -2.13. The fourth-order valence-electron chi connectivity index (χ4n) is 2.22. The highest BCUT2D eigenvalue weighted by Crippen LogP contribution is 2.16. The molecule has 1 aromatic heterocycles.